The third kappa shape index (κ3) is 6.02. The molecule has 1 heterocycles. The number of carbonyl (C=O) groups excluding carboxylic acids is 2. The Bertz CT molecular complexity index is 596. The van der Waals surface area contributed by atoms with Gasteiger partial charge in [-0.05, 0) is 43.4 Å². The number of nitrogens with one attached hydrogen (secondary N) is 2. The third-order valence-corrected chi connectivity index (χ3v) is 5.26. The average molecular weight is 362 g/mol. The highest BCUT2D eigenvalue weighted by Gasteiger charge is 2.25. The normalized spacial score (nSPS) is 18.8. The molecule has 7 heteroatoms. The quantitative estimate of drug-likeness (QED) is 0.715. The number of hydrogen-bond acceptors (Lipinski definition) is 5. The van der Waals surface area contributed by atoms with E-state index in [0.717, 1.165) is 44.7 Å². The maximum Gasteiger partial charge on any atom is 0.238 e. The standard InChI is InChI=1S/C18H26N4O2S/c1-25-16-6-4-15(5-7-16)20-18(24)13-22-10-8-21(9-11-22)12-17(23)19-14-2-3-14/h4-7,14H,2-3,8-13H2,1H3,(H,19,23)(H,20,24). The van der Waals surface area contributed by atoms with E-state index in [1.165, 1.54) is 4.90 Å². The van der Waals surface area contributed by atoms with Crippen LogP contribution in [0, 0.1) is 0 Å². The predicted octanol–water partition coefficient (Wildman–Crippen LogP) is 1.24. The SMILES string of the molecule is CSc1ccc(NC(=O)CN2CCN(CC(=O)NC3CC3)CC2)cc1. The van der Waals surface area contributed by atoms with E-state index in [1.807, 2.05) is 30.5 Å². The van der Waals surface area contributed by atoms with Crippen molar-refractivity contribution in [3.63, 3.8) is 0 Å². The molecule has 3 rings (SSSR count). The molecular weight excluding hydrogens is 336 g/mol. The second kappa shape index (κ2) is 8.69. The first kappa shape index (κ1) is 18.2. The molecule has 2 N–H and O–H groups in total. The molecule has 1 aromatic rings. The van der Waals surface area contributed by atoms with E-state index in [0.29, 0.717) is 19.1 Å². The van der Waals surface area contributed by atoms with E-state index < -0.39 is 0 Å². The van der Waals surface area contributed by atoms with Crippen LogP contribution in [0.25, 0.3) is 0 Å². The molecule has 0 bridgehead atoms. The summed E-state index contributed by atoms with van der Waals surface area (Å²) in [5.74, 6) is 0.138. The first-order chi connectivity index (χ1) is 12.1. The van der Waals surface area contributed by atoms with Crippen LogP contribution in [-0.2, 0) is 9.59 Å². The number of anilines is 1. The molecule has 6 nitrogen and oxygen atoms in total. The maximum absolute atomic E-state index is 12.2. The fourth-order valence-corrected chi connectivity index (χ4v) is 3.30. The molecule has 1 aromatic carbocycles. The molecule has 2 amide bonds. The van der Waals surface area contributed by atoms with Gasteiger partial charge in [-0.15, -0.1) is 11.8 Å². The lowest BCUT2D eigenvalue weighted by atomic mass is 10.3. The first-order valence-corrected chi connectivity index (χ1v) is 10.0. The lowest BCUT2D eigenvalue weighted by Gasteiger charge is -2.33. The van der Waals surface area contributed by atoms with Gasteiger partial charge >= 0.3 is 0 Å². The first-order valence-electron chi connectivity index (χ1n) is 8.80. The Morgan fingerprint density at radius 3 is 2.08 bits per heavy atom. The predicted molar refractivity (Wildman–Crippen MR) is 101 cm³/mol. The van der Waals surface area contributed by atoms with Crippen LogP contribution in [0.4, 0.5) is 5.69 Å². The van der Waals surface area contributed by atoms with Crippen molar-refractivity contribution in [3.8, 4) is 0 Å². The molecule has 1 aliphatic carbocycles. The highest BCUT2D eigenvalue weighted by atomic mass is 32.2. The summed E-state index contributed by atoms with van der Waals surface area (Å²) in [5.41, 5.74) is 0.832. The number of amides is 2. The van der Waals surface area contributed by atoms with E-state index in [1.54, 1.807) is 11.8 Å². The number of hydrogen-bond donors (Lipinski definition) is 2. The molecular formula is C18H26N4O2S. The van der Waals surface area contributed by atoms with Gasteiger partial charge in [-0.3, -0.25) is 19.4 Å². The lowest BCUT2D eigenvalue weighted by molar-refractivity contribution is -0.123. The molecule has 25 heavy (non-hydrogen) atoms. The number of thioether (sulfide) groups is 1. The highest BCUT2D eigenvalue weighted by molar-refractivity contribution is 7.98. The molecule has 0 unspecified atom stereocenters. The van der Waals surface area contributed by atoms with Crippen LogP contribution in [0.1, 0.15) is 12.8 Å². The van der Waals surface area contributed by atoms with Crippen LogP contribution < -0.4 is 10.6 Å². The van der Waals surface area contributed by atoms with Gasteiger partial charge in [0.25, 0.3) is 0 Å². The molecule has 0 spiro atoms. The monoisotopic (exact) mass is 362 g/mol. The molecule has 0 aromatic heterocycles. The fourth-order valence-electron chi connectivity index (χ4n) is 2.89. The molecule has 2 fully saturated rings. The van der Waals surface area contributed by atoms with Crippen LogP contribution in [0.3, 0.4) is 0 Å². The summed E-state index contributed by atoms with van der Waals surface area (Å²) in [6.45, 7) is 4.15. The summed E-state index contributed by atoms with van der Waals surface area (Å²) >= 11 is 1.68. The Kier molecular flexibility index (Phi) is 6.34. The third-order valence-electron chi connectivity index (χ3n) is 4.52. The molecule has 0 atom stereocenters. The number of carbonyl (C=O) groups is 2. The zero-order valence-corrected chi connectivity index (χ0v) is 15.5. The van der Waals surface area contributed by atoms with Crippen molar-refractivity contribution in [2.24, 2.45) is 0 Å². The molecule has 1 saturated heterocycles. The minimum atomic E-state index is 0.0110. The van der Waals surface area contributed by atoms with Crippen LogP contribution in [0.2, 0.25) is 0 Å². The number of rotatable bonds is 7. The Morgan fingerprint density at radius 1 is 1.00 bits per heavy atom. The lowest BCUT2D eigenvalue weighted by Crippen LogP contribution is -2.51. The summed E-state index contributed by atoms with van der Waals surface area (Å²) < 4.78 is 0. The molecule has 1 saturated carbocycles. The largest absolute Gasteiger partial charge is 0.352 e. The topological polar surface area (TPSA) is 64.7 Å². The van der Waals surface area contributed by atoms with Gasteiger partial charge < -0.3 is 10.6 Å². The number of nitrogens with zero attached hydrogens (tertiary/aromatic N) is 2. The van der Waals surface area contributed by atoms with Gasteiger partial charge in [0.15, 0.2) is 0 Å². The van der Waals surface area contributed by atoms with Crippen LogP contribution in [0.5, 0.6) is 0 Å². The van der Waals surface area contributed by atoms with Gasteiger partial charge in [-0.2, -0.15) is 0 Å². The molecule has 1 aliphatic heterocycles. The zero-order valence-electron chi connectivity index (χ0n) is 14.7. The van der Waals surface area contributed by atoms with E-state index >= 15 is 0 Å². The minimum Gasteiger partial charge on any atom is -0.352 e. The second-order valence-electron chi connectivity index (χ2n) is 6.67. The Labute approximate surface area is 153 Å². The Balaban J connectivity index is 1.36. The number of benzene rings is 1. The van der Waals surface area contributed by atoms with Crippen molar-refractivity contribution in [1.29, 1.82) is 0 Å². The van der Waals surface area contributed by atoms with Gasteiger partial charge in [-0.1, -0.05) is 0 Å². The van der Waals surface area contributed by atoms with E-state index in [4.69, 9.17) is 0 Å². The summed E-state index contributed by atoms with van der Waals surface area (Å²) in [4.78, 5) is 29.5. The summed E-state index contributed by atoms with van der Waals surface area (Å²) in [5, 5.41) is 5.97. The smallest absolute Gasteiger partial charge is 0.238 e. The van der Waals surface area contributed by atoms with Gasteiger partial charge in [0, 0.05) is 42.8 Å². The van der Waals surface area contributed by atoms with E-state index in [2.05, 4.69) is 20.4 Å². The van der Waals surface area contributed by atoms with Crippen molar-refractivity contribution >= 4 is 29.3 Å². The maximum atomic E-state index is 12.2. The van der Waals surface area contributed by atoms with Crippen LogP contribution in [0.15, 0.2) is 29.2 Å². The van der Waals surface area contributed by atoms with Crippen LogP contribution >= 0.6 is 11.8 Å². The summed E-state index contributed by atoms with van der Waals surface area (Å²) in [7, 11) is 0. The van der Waals surface area contributed by atoms with Crippen molar-refractivity contribution in [2.75, 3.05) is 50.8 Å². The van der Waals surface area contributed by atoms with Gasteiger partial charge in [0.05, 0.1) is 13.1 Å². The molecule has 136 valence electrons. The van der Waals surface area contributed by atoms with Gasteiger partial charge in [0.2, 0.25) is 11.8 Å². The Morgan fingerprint density at radius 2 is 1.56 bits per heavy atom. The average Bonchev–Trinajstić information content (AvgIpc) is 3.41. The zero-order chi connectivity index (χ0) is 17.6. The molecule has 2 aliphatic rings. The van der Waals surface area contributed by atoms with Crippen molar-refractivity contribution < 1.29 is 9.59 Å². The van der Waals surface area contributed by atoms with Gasteiger partial charge in [-0.25, -0.2) is 0 Å². The van der Waals surface area contributed by atoms with E-state index in [-0.39, 0.29) is 11.8 Å². The van der Waals surface area contributed by atoms with Crippen molar-refractivity contribution in [1.82, 2.24) is 15.1 Å². The summed E-state index contributed by atoms with van der Waals surface area (Å²) in [6, 6.07) is 8.29. The minimum absolute atomic E-state index is 0.0110. The van der Waals surface area contributed by atoms with Gasteiger partial charge in [0.1, 0.15) is 0 Å². The van der Waals surface area contributed by atoms with Crippen molar-refractivity contribution in [3.05, 3.63) is 24.3 Å². The second-order valence-corrected chi connectivity index (χ2v) is 7.55. The Hall–Kier alpha value is -1.57. The van der Waals surface area contributed by atoms with Crippen molar-refractivity contribution in [2.45, 2.75) is 23.8 Å². The highest BCUT2D eigenvalue weighted by Crippen LogP contribution is 2.18. The fraction of sp³-hybridized carbons (Fsp3) is 0.556. The molecule has 0 radical (unpaired) electrons. The van der Waals surface area contributed by atoms with E-state index in [9.17, 15) is 9.59 Å². The summed E-state index contributed by atoms with van der Waals surface area (Å²) in [6.07, 6.45) is 4.27. The van der Waals surface area contributed by atoms with Crippen LogP contribution in [-0.4, -0.2) is 73.2 Å². The number of piperazine rings is 1.